The number of aromatic hydroxyl groups is 3. The van der Waals surface area contributed by atoms with Crippen LogP contribution < -0.4 is 0 Å². The van der Waals surface area contributed by atoms with Crippen LogP contribution in [0.4, 0.5) is 0 Å². The number of rotatable bonds is 12. The minimum atomic E-state index is -0.311. The normalized spacial score (nSPS) is 10.9. The second kappa shape index (κ2) is 11.6. The molecule has 1 aromatic heterocycles. The molecule has 0 amide bonds. The molecule has 0 saturated carbocycles. The van der Waals surface area contributed by atoms with Crippen molar-refractivity contribution in [2.75, 3.05) is 0 Å². The second-order valence-electron chi connectivity index (χ2n) is 7.55. The fourth-order valence-electron chi connectivity index (χ4n) is 3.58. The molecule has 0 fully saturated rings. The maximum absolute atomic E-state index is 10.5. The van der Waals surface area contributed by atoms with Crippen molar-refractivity contribution < 1.29 is 15.3 Å². The van der Waals surface area contributed by atoms with E-state index in [-0.39, 0.29) is 28.1 Å². The van der Waals surface area contributed by atoms with Crippen LogP contribution in [-0.2, 0) is 6.42 Å². The number of halogens is 1. The van der Waals surface area contributed by atoms with Crippen LogP contribution in [0.25, 0.3) is 5.69 Å². The predicted octanol–water partition coefficient (Wildman–Crippen LogP) is 6.58. The number of phenolic OH excluding ortho intramolecular Hbond substituents is 1. The number of unbranched alkanes of at least 4 members (excludes halogenated alkanes) is 9. The first kappa shape index (κ1) is 23.0. The summed E-state index contributed by atoms with van der Waals surface area (Å²) >= 11 is 5.96. The summed E-state index contributed by atoms with van der Waals surface area (Å²) in [6.07, 6.45) is 13.0. The number of hydrogen-bond donors (Lipinski definition) is 3. The highest BCUT2D eigenvalue weighted by atomic mass is 35.5. The minimum Gasteiger partial charge on any atom is -0.505 e. The molecule has 0 saturated heterocycles. The monoisotopic (exact) mass is 418 g/mol. The van der Waals surface area contributed by atoms with Gasteiger partial charge in [0, 0.05) is 11.6 Å². The number of benzene rings is 1. The topological polar surface area (TPSA) is 89.4 Å². The molecule has 0 bridgehead atoms. The number of hydrogen-bond acceptors (Lipinski definition) is 4. The molecule has 0 aliphatic rings. The Morgan fingerprint density at radius 1 is 0.897 bits per heavy atom. The van der Waals surface area contributed by atoms with Crippen molar-refractivity contribution in [3.05, 3.63) is 34.3 Å². The number of aromatic nitrogens is 1. The summed E-state index contributed by atoms with van der Waals surface area (Å²) < 4.78 is 1.23. The van der Waals surface area contributed by atoms with Gasteiger partial charge in [-0.1, -0.05) is 76.3 Å². The first-order valence-corrected chi connectivity index (χ1v) is 10.9. The third-order valence-electron chi connectivity index (χ3n) is 5.26. The Labute approximate surface area is 178 Å². The lowest BCUT2D eigenvalue weighted by molar-refractivity contribution is 0.400. The standard InChI is InChI=1S/C23H31ClN2O3/c1-2-3-4-5-6-7-8-9-10-11-12-17-14-21(27)26(23(17)29)19-13-18(16-25)22(28)20(24)15-19/h13-15,27-29H,2-12H2,1H3. The quantitative estimate of drug-likeness (QED) is 0.339. The van der Waals surface area contributed by atoms with Gasteiger partial charge in [-0.3, -0.25) is 4.57 Å². The van der Waals surface area contributed by atoms with Crippen LogP contribution in [0.5, 0.6) is 17.5 Å². The van der Waals surface area contributed by atoms with Crippen LogP contribution in [0.3, 0.4) is 0 Å². The van der Waals surface area contributed by atoms with E-state index in [1.807, 2.05) is 6.07 Å². The maximum atomic E-state index is 10.5. The van der Waals surface area contributed by atoms with Crippen LogP contribution in [0.1, 0.15) is 82.3 Å². The average molecular weight is 419 g/mol. The molecule has 0 unspecified atom stereocenters. The van der Waals surface area contributed by atoms with E-state index in [1.54, 1.807) is 0 Å². The SMILES string of the molecule is CCCCCCCCCCCCc1cc(O)n(-c2cc(Cl)c(O)c(C#N)c2)c1O. The zero-order chi connectivity index (χ0) is 21.2. The van der Waals surface area contributed by atoms with Gasteiger partial charge in [-0.25, -0.2) is 0 Å². The van der Waals surface area contributed by atoms with E-state index >= 15 is 0 Å². The summed E-state index contributed by atoms with van der Waals surface area (Å²) in [5.41, 5.74) is 0.967. The molecule has 158 valence electrons. The lowest BCUT2D eigenvalue weighted by Gasteiger charge is -2.10. The first-order valence-electron chi connectivity index (χ1n) is 10.5. The summed E-state index contributed by atoms with van der Waals surface area (Å²) in [6.45, 7) is 2.23. The van der Waals surface area contributed by atoms with E-state index in [0.717, 1.165) is 12.8 Å². The maximum Gasteiger partial charge on any atom is 0.201 e. The average Bonchev–Trinajstić information content (AvgIpc) is 2.98. The molecule has 29 heavy (non-hydrogen) atoms. The molecule has 0 aliphatic heterocycles. The number of nitrogens with zero attached hydrogens (tertiary/aromatic N) is 2. The van der Waals surface area contributed by atoms with E-state index in [2.05, 4.69) is 6.92 Å². The van der Waals surface area contributed by atoms with Gasteiger partial charge in [-0.15, -0.1) is 0 Å². The van der Waals surface area contributed by atoms with Gasteiger partial charge in [-0.05, 0) is 25.0 Å². The molecule has 2 aromatic rings. The molecular weight excluding hydrogens is 388 g/mol. The van der Waals surface area contributed by atoms with Gasteiger partial charge in [0.1, 0.15) is 6.07 Å². The summed E-state index contributed by atoms with van der Waals surface area (Å²) in [7, 11) is 0. The molecule has 0 radical (unpaired) electrons. The zero-order valence-electron chi connectivity index (χ0n) is 17.1. The predicted molar refractivity (Wildman–Crippen MR) is 116 cm³/mol. The molecule has 0 atom stereocenters. The smallest absolute Gasteiger partial charge is 0.201 e. The van der Waals surface area contributed by atoms with Crippen molar-refractivity contribution >= 4 is 11.6 Å². The van der Waals surface area contributed by atoms with Gasteiger partial charge in [0.25, 0.3) is 0 Å². The molecule has 6 heteroatoms. The van der Waals surface area contributed by atoms with Crippen molar-refractivity contribution in [2.24, 2.45) is 0 Å². The molecular formula is C23H31ClN2O3. The highest BCUT2D eigenvalue weighted by Crippen LogP contribution is 2.36. The van der Waals surface area contributed by atoms with Gasteiger partial charge in [0.2, 0.25) is 5.88 Å². The van der Waals surface area contributed by atoms with E-state index in [0.29, 0.717) is 17.7 Å². The molecule has 1 heterocycles. The third kappa shape index (κ3) is 6.33. The van der Waals surface area contributed by atoms with E-state index in [9.17, 15) is 15.3 Å². The fraction of sp³-hybridized carbons (Fsp3) is 0.522. The lowest BCUT2D eigenvalue weighted by atomic mass is 10.0. The largest absolute Gasteiger partial charge is 0.505 e. The van der Waals surface area contributed by atoms with Crippen molar-refractivity contribution in [1.82, 2.24) is 4.57 Å². The Bertz CT molecular complexity index is 840. The van der Waals surface area contributed by atoms with Gasteiger partial charge in [0.05, 0.1) is 16.3 Å². The summed E-state index contributed by atoms with van der Waals surface area (Å²) in [6, 6.07) is 6.18. The molecule has 2 rings (SSSR count). The zero-order valence-corrected chi connectivity index (χ0v) is 17.9. The summed E-state index contributed by atoms with van der Waals surface area (Å²) in [5.74, 6) is -0.506. The van der Waals surface area contributed by atoms with Gasteiger partial charge in [0.15, 0.2) is 11.6 Å². The Morgan fingerprint density at radius 3 is 2.07 bits per heavy atom. The Morgan fingerprint density at radius 2 is 1.48 bits per heavy atom. The van der Waals surface area contributed by atoms with Crippen LogP contribution in [0, 0.1) is 11.3 Å². The Balaban J connectivity index is 1.87. The molecule has 0 spiro atoms. The first-order chi connectivity index (χ1) is 14.0. The van der Waals surface area contributed by atoms with E-state index < -0.39 is 0 Å². The molecule has 0 aliphatic carbocycles. The van der Waals surface area contributed by atoms with Crippen molar-refractivity contribution in [3.63, 3.8) is 0 Å². The minimum absolute atomic E-state index is 0.0113. The van der Waals surface area contributed by atoms with Crippen LogP contribution in [0.2, 0.25) is 5.02 Å². The van der Waals surface area contributed by atoms with Crippen LogP contribution in [-0.4, -0.2) is 19.9 Å². The Hall–Kier alpha value is -2.32. The number of phenols is 1. The second-order valence-corrected chi connectivity index (χ2v) is 7.96. The van der Waals surface area contributed by atoms with Crippen molar-refractivity contribution in [3.8, 4) is 29.3 Å². The Kier molecular flexibility index (Phi) is 9.21. The number of aryl methyl sites for hydroxylation is 1. The van der Waals surface area contributed by atoms with Crippen molar-refractivity contribution in [2.45, 2.75) is 77.6 Å². The highest BCUT2D eigenvalue weighted by molar-refractivity contribution is 6.32. The van der Waals surface area contributed by atoms with Gasteiger partial charge in [-0.2, -0.15) is 5.26 Å². The molecule has 1 aromatic carbocycles. The van der Waals surface area contributed by atoms with E-state index in [4.69, 9.17) is 16.9 Å². The summed E-state index contributed by atoms with van der Waals surface area (Å²) in [5, 5.41) is 39.7. The van der Waals surface area contributed by atoms with Gasteiger partial charge >= 0.3 is 0 Å². The number of nitriles is 1. The van der Waals surface area contributed by atoms with Crippen molar-refractivity contribution in [1.29, 1.82) is 5.26 Å². The molecule has 5 nitrogen and oxygen atoms in total. The van der Waals surface area contributed by atoms with Gasteiger partial charge < -0.3 is 15.3 Å². The van der Waals surface area contributed by atoms with Crippen LogP contribution >= 0.6 is 11.6 Å². The lowest BCUT2D eigenvalue weighted by Crippen LogP contribution is -1.95. The van der Waals surface area contributed by atoms with Crippen LogP contribution in [0.15, 0.2) is 18.2 Å². The third-order valence-corrected chi connectivity index (χ3v) is 5.55. The highest BCUT2D eigenvalue weighted by Gasteiger charge is 2.18. The fourth-order valence-corrected chi connectivity index (χ4v) is 3.79. The van der Waals surface area contributed by atoms with E-state index in [1.165, 1.54) is 74.1 Å². The molecule has 3 N–H and O–H groups in total. The summed E-state index contributed by atoms with van der Waals surface area (Å²) in [4.78, 5) is 0.